The molecule has 4 aromatic heterocycles. The standard InChI is InChI=1S/C17H12FN5O/c1-23-7-5-14(22-23)16-12(11-4-6-19-9-13(11)18)8-10-2-3-15(24)20-17(10)21-16/h2-9H,1H3,(H,20,21,24). The summed E-state index contributed by atoms with van der Waals surface area (Å²) in [4.78, 5) is 22.6. The number of aromatic amines is 1. The van der Waals surface area contributed by atoms with Crippen molar-refractivity contribution in [1.82, 2.24) is 24.7 Å². The summed E-state index contributed by atoms with van der Waals surface area (Å²) >= 11 is 0. The van der Waals surface area contributed by atoms with E-state index in [1.165, 1.54) is 12.3 Å². The molecular weight excluding hydrogens is 309 g/mol. The molecule has 6 nitrogen and oxygen atoms in total. The molecule has 118 valence electrons. The van der Waals surface area contributed by atoms with Crippen molar-refractivity contribution in [2.24, 2.45) is 7.05 Å². The fourth-order valence-electron chi connectivity index (χ4n) is 2.62. The van der Waals surface area contributed by atoms with Gasteiger partial charge in [0.1, 0.15) is 22.9 Å². The first kappa shape index (κ1) is 14.3. The Labute approximate surface area is 135 Å². The van der Waals surface area contributed by atoms with E-state index in [-0.39, 0.29) is 5.56 Å². The van der Waals surface area contributed by atoms with Crippen LogP contribution in [0.3, 0.4) is 0 Å². The summed E-state index contributed by atoms with van der Waals surface area (Å²) in [5, 5.41) is 5.06. The molecule has 7 heteroatoms. The largest absolute Gasteiger partial charge is 0.307 e. The normalized spacial score (nSPS) is 11.1. The molecule has 0 spiro atoms. The first-order valence-electron chi connectivity index (χ1n) is 7.26. The second-order valence-electron chi connectivity index (χ2n) is 5.38. The van der Waals surface area contributed by atoms with Crippen molar-refractivity contribution in [2.45, 2.75) is 0 Å². The van der Waals surface area contributed by atoms with E-state index in [0.29, 0.717) is 33.5 Å². The van der Waals surface area contributed by atoms with Crippen molar-refractivity contribution in [1.29, 1.82) is 0 Å². The monoisotopic (exact) mass is 321 g/mol. The molecule has 4 aromatic rings. The number of hydrogen-bond donors (Lipinski definition) is 1. The van der Waals surface area contributed by atoms with Crippen LogP contribution in [0.1, 0.15) is 0 Å². The molecule has 4 rings (SSSR count). The van der Waals surface area contributed by atoms with E-state index in [1.807, 2.05) is 0 Å². The number of nitrogens with one attached hydrogen (secondary N) is 1. The minimum atomic E-state index is -0.444. The topological polar surface area (TPSA) is 76.5 Å². The summed E-state index contributed by atoms with van der Waals surface area (Å²) in [5.41, 5.74) is 2.25. The molecule has 0 aromatic carbocycles. The summed E-state index contributed by atoms with van der Waals surface area (Å²) in [5.74, 6) is -0.444. The van der Waals surface area contributed by atoms with Crippen molar-refractivity contribution in [2.75, 3.05) is 0 Å². The van der Waals surface area contributed by atoms with Gasteiger partial charge in [0.25, 0.3) is 0 Å². The fourth-order valence-corrected chi connectivity index (χ4v) is 2.62. The van der Waals surface area contributed by atoms with Gasteiger partial charge in [-0.25, -0.2) is 9.37 Å². The number of fused-ring (bicyclic) bond motifs is 1. The van der Waals surface area contributed by atoms with Crippen molar-refractivity contribution >= 4 is 11.0 Å². The van der Waals surface area contributed by atoms with Gasteiger partial charge in [0.2, 0.25) is 5.56 Å². The van der Waals surface area contributed by atoms with Gasteiger partial charge in [0.15, 0.2) is 0 Å². The zero-order chi connectivity index (χ0) is 16.7. The summed E-state index contributed by atoms with van der Waals surface area (Å²) in [6.07, 6.45) is 4.47. The molecule has 0 radical (unpaired) electrons. The lowest BCUT2D eigenvalue weighted by atomic mass is 10.0. The fraction of sp³-hybridized carbons (Fsp3) is 0.0588. The van der Waals surface area contributed by atoms with E-state index in [2.05, 4.69) is 20.1 Å². The Morgan fingerprint density at radius 1 is 1.17 bits per heavy atom. The first-order valence-corrected chi connectivity index (χ1v) is 7.26. The summed E-state index contributed by atoms with van der Waals surface area (Å²) < 4.78 is 15.9. The number of pyridine rings is 3. The molecule has 4 heterocycles. The van der Waals surface area contributed by atoms with E-state index in [1.54, 1.807) is 42.2 Å². The third-order valence-corrected chi connectivity index (χ3v) is 3.73. The number of H-pyrrole nitrogens is 1. The maximum atomic E-state index is 14.3. The van der Waals surface area contributed by atoms with Crippen LogP contribution in [0.15, 0.2) is 53.7 Å². The van der Waals surface area contributed by atoms with Crippen LogP contribution in [0.25, 0.3) is 33.5 Å². The van der Waals surface area contributed by atoms with Crippen LogP contribution in [0.5, 0.6) is 0 Å². The Kier molecular flexibility index (Phi) is 3.19. The predicted molar refractivity (Wildman–Crippen MR) is 87.8 cm³/mol. The maximum Gasteiger partial charge on any atom is 0.249 e. The van der Waals surface area contributed by atoms with E-state index < -0.39 is 5.82 Å². The van der Waals surface area contributed by atoms with Crippen molar-refractivity contribution in [3.05, 3.63) is 65.1 Å². The van der Waals surface area contributed by atoms with E-state index in [4.69, 9.17) is 0 Å². The number of aryl methyl sites for hydroxylation is 1. The molecule has 0 aliphatic carbocycles. The molecule has 0 aliphatic heterocycles. The highest BCUT2D eigenvalue weighted by Gasteiger charge is 2.16. The Balaban J connectivity index is 2.08. The van der Waals surface area contributed by atoms with E-state index in [0.717, 1.165) is 6.20 Å². The van der Waals surface area contributed by atoms with Gasteiger partial charge in [0.05, 0.1) is 6.20 Å². The highest BCUT2D eigenvalue weighted by atomic mass is 19.1. The second kappa shape index (κ2) is 5.38. The highest BCUT2D eigenvalue weighted by Crippen LogP contribution is 2.32. The minimum Gasteiger partial charge on any atom is -0.307 e. The van der Waals surface area contributed by atoms with Crippen LogP contribution in [0.4, 0.5) is 4.39 Å². The van der Waals surface area contributed by atoms with Crippen LogP contribution in [0.2, 0.25) is 0 Å². The molecule has 0 amide bonds. The van der Waals surface area contributed by atoms with Gasteiger partial charge in [-0.1, -0.05) is 0 Å². The van der Waals surface area contributed by atoms with E-state index in [9.17, 15) is 9.18 Å². The van der Waals surface area contributed by atoms with Crippen molar-refractivity contribution in [3.63, 3.8) is 0 Å². The Morgan fingerprint density at radius 3 is 2.79 bits per heavy atom. The average Bonchev–Trinajstić information content (AvgIpc) is 3.00. The Morgan fingerprint density at radius 2 is 2.04 bits per heavy atom. The summed E-state index contributed by atoms with van der Waals surface area (Å²) in [7, 11) is 1.79. The quantitative estimate of drug-likeness (QED) is 0.615. The van der Waals surface area contributed by atoms with Crippen LogP contribution >= 0.6 is 0 Å². The molecule has 0 unspecified atom stereocenters. The predicted octanol–water partition coefficient (Wildman–Crippen LogP) is 2.52. The molecule has 0 saturated heterocycles. The van der Waals surface area contributed by atoms with Crippen LogP contribution < -0.4 is 5.56 Å². The van der Waals surface area contributed by atoms with Gasteiger partial charge in [-0.05, 0) is 24.3 Å². The third-order valence-electron chi connectivity index (χ3n) is 3.73. The maximum absolute atomic E-state index is 14.3. The van der Waals surface area contributed by atoms with E-state index >= 15 is 0 Å². The van der Waals surface area contributed by atoms with Gasteiger partial charge < -0.3 is 4.98 Å². The van der Waals surface area contributed by atoms with Crippen LogP contribution in [-0.2, 0) is 7.05 Å². The van der Waals surface area contributed by atoms with Crippen molar-refractivity contribution < 1.29 is 4.39 Å². The summed E-state index contributed by atoms with van der Waals surface area (Å²) in [6, 6.07) is 8.25. The van der Waals surface area contributed by atoms with Gasteiger partial charge in [0, 0.05) is 42.0 Å². The number of nitrogens with zero attached hydrogens (tertiary/aromatic N) is 4. The van der Waals surface area contributed by atoms with Gasteiger partial charge in [-0.3, -0.25) is 14.5 Å². The molecule has 0 aliphatic rings. The number of halogens is 1. The van der Waals surface area contributed by atoms with Crippen molar-refractivity contribution in [3.8, 4) is 22.5 Å². The molecule has 0 bridgehead atoms. The van der Waals surface area contributed by atoms with Crippen LogP contribution in [-0.4, -0.2) is 24.7 Å². The number of hydrogen-bond acceptors (Lipinski definition) is 4. The van der Waals surface area contributed by atoms with Gasteiger partial charge in [-0.15, -0.1) is 0 Å². The molecule has 0 atom stereocenters. The molecule has 0 saturated carbocycles. The second-order valence-corrected chi connectivity index (χ2v) is 5.38. The Hall–Kier alpha value is -3.35. The summed E-state index contributed by atoms with van der Waals surface area (Å²) in [6.45, 7) is 0. The zero-order valence-corrected chi connectivity index (χ0v) is 12.7. The lowest BCUT2D eigenvalue weighted by Crippen LogP contribution is -2.05. The van der Waals surface area contributed by atoms with Gasteiger partial charge in [-0.2, -0.15) is 5.10 Å². The number of rotatable bonds is 2. The molecule has 24 heavy (non-hydrogen) atoms. The molecule has 0 fully saturated rings. The third kappa shape index (κ3) is 2.36. The average molecular weight is 321 g/mol. The first-order chi connectivity index (χ1) is 11.6. The lowest BCUT2D eigenvalue weighted by molar-refractivity contribution is 0.625. The zero-order valence-electron chi connectivity index (χ0n) is 12.7. The molecular formula is C17H12FN5O. The SMILES string of the molecule is Cn1ccc(-c2nc3[nH]c(=O)ccc3cc2-c2ccncc2F)n1. The van der Waals surface area contributed by atoms with Gasteiger partial charge >= 0.3 is 0 Å². The Bertz CT molecular complexity index is 1120. The highest BCUT2D eigenvalue weighted by molar-refractivity contribution is 5.89. The molecule has 1 N–H and O–H groups in total. The lowest BCUT2D eigenvalue weighted by Gasteiger charge is -2.10. The van der Waals surface area contributed by atoms with Crippen LogP contribution in [0, 0.1) is 5.82 Å². The minimum absolute atomic E-state index is 0.246. The number of aromatic nitrogens is 5. The smallest absolute Gasteiger partial charge is 0.249 e.